The second-order valence-electron chi connectivity index (χ2n) is 6.50. The SMILES string of the molecule is CCCc1nc(SCC(=O)NC(=O)NC2CCCC(C)C2C)n[nH]1. The summed E-state index contributed by atoms with van der Waals surface area (Å²) in [5.74, 6) is 1.62. The highest BCUT2D eigenvalue weighted by atomic mass is 32.2. The summed E-state index contributed by atoms with van der Waals surface area (Å²) in [7, 11) is 0. The number of amides is 3. The maximum atomic E-state index is 12.0. The van der Waals surface area contributed by atoms with Gasteiger partial charge in [-0.3, -0.25) is 15.2 Å². The van der Waals surface area contributed by atoms with Gasteiger partial charge in [0.15, 0.2) is 0 Å². The number of H-pyrrole nitrogens is 1. The maximum absolute atomic E-state index is 12.0. The summed E-state index contributed by atoms with van der Waals surface area (Å²) in [5.41, 5.74) is 0. The molecule has 2 rings (SSSR count). The minimum atomic E-state index is -0.409. The average molecular weight is 353 g/mol. The van der Waals surface area contributed by atoms with E-state index in [1.807, 2.05) is 0 Å². The number of nitrogens with zero attached hydrogens (tertiary/aromatic N) is 2. The smallest absolute Gasteiger partial charge is 0.321 e. The quantitative estimate of drug-likeness (QED) is 0.682. The molecule has 0 spiro atoms. The first-order valence-corrected chi connectivity index (χ1v) is 9.62. The van der Waals surface area contributed by atoms with Gasteiger partial charge in [0.1, 0.15) is 5.82 Å². The van der Waals surface area contributed by atoms with Crippen molar-refractivity contribution >= 4 is 23.7 Å². The van der Waals surface area contributed by atoms with Crippen LogP contribution in [0.1, 0.15) is 52.3 Å². The Morgan fingerprint density at radius 1 is 1.33 bits per heavy atom. The lowest BCUT2D eigenvalue weighted by Crippen LogP contribution is -2.49. The first-order valence-electron chi connectivity index (χ1n) is 8.64. The van der Waals surface area contributed by atoms with Crippen LogP contribution in [0, 0.1) is 11.8 Å². The lowest BCUT2D eigenvalue weighted by molar-refractivity contribution is -0.117. The summed E-state index contributed by atoms with van der Waals surface area (Å²) in [4.78, 5) is 28.2. The Bertz CT molecular complexity index is 562. The molecule has 3 N–H and O–H groups in total. The van der Waals surface area contributed by atoms with Crippen LogP contribution in [0.3, 0.4) is 0 Å². The van der Waals surface area contributed by atoms with Gasteiger partial charge in [-0.1, -0.05) is 45.4 Å². The standard InChI is InChI=1S/C16H27N5O2S/c1-4-6-13-18-16(21-20-13)24-9-14(22)19-15(23)17-12-8-5-7-10(2)11(12)3/h10-12H,4-9H2,1-3H3,(H,18,20,21)(H2,17,19,22,23). The molecule has 1 saturated carbocycles. The van der Waals surface area contributed by atoms with Crippen LogP contribution in [0.15, 0.2) is 5.16 Å². The van der Waals surface area contributed by atoms with Crippen LogP contribution in [0.4, 0.5) is 4.79 Å². The summed E-state index contributed by atoms with van der Waals surface area (Å²) >= 11 is 1.22. The monoisotopic (exact) mass is 353 g/mol. The van der Waals surface area contributed by atoms with E-state index >= 15 is 0 Å². The third-order valence-electron chi connectivity index (χ3n) is 4.61. The molecule has 1 aromatic heterocycles. The summed E-state index contributed by atoms with van der Waals surface area (Å²) in [5, 5.41) is 12.7. The lowest BCUT2D eigenvalue weighted by atomic mass is 9.78. The predicted molar refractivity (Wildman–Crippen MR) is 93.7 cm³/mol. The highest BCUT2D eigenvalue weighted by Gasteiger charge is 2.28. The summed E-state index contributed by atoms with van der Waals surface area (Å²) in [6.45, 7) is 6.43. The Hall–Kier alpha value is -1.57. The van der Waals surface area contributed by atoms with E-state index in [1.165, 1.54) is 18.2 Å². The van der Waals surface area contributed by atoms with Gasteiger partial charge in [0.2, 0.25) is 11.1 Å². The van der Waals surface area contributed by atoms with E-state index in [0.29, 0.717) is 17.0 Å². The van der Waals surface area contributed by atoms with Gasteiger partial charge in [-0.15, -0.1) is 5.10 Å². The number of carbonyl (C=O) groups is 2. The zero-order valence-corrected chi connectivity index (χ0v) is 15.4. The third kappa shape index (κ3) is 5.51. The molecule has 0 saturated heterocycles. The molecule has 0 bridgehead atoms. The number of rotatable bonds is 6. The minimum Gasteiger partial charge on any atom is -0.335 e. The van der Waals surface area contributed by atoms with Crippen molar-refractivity contribution in [2.24, 2.45) is 11.8 Å². The van der Waals surface area contributed by atoms with Crippen LogP contribution in [-0.4, -0.2) is 38.9 Å². The minimum absolute atomic E-state index is 0.119. The largest absolute Gasteiger partial charge is 0.335 e. The molecule has 3 atom stereocenters. The first-order chi connectivity index (χ1) is 11.5. The van der Waals surface area contributed by atoms with Crippen LogP contribution >= 0.6 is 11.8 Å². The summed E-state index contributed by atoms with van der Waals surface area (Å²) in [6.07, 6.45) is 5.11. The number of carbonyl (C=O) groups excluding carboxylic acids is 2. The molecule has 1 aliphatic rings. The average Bonchev–Trinajstić information content (AvgIpc) is 2.98. The molecule has 24 heavy (non-hydrogen) atoms. The highest BCUT2D eigenvalue weighted by molar-refractivity contribution is 7.99. The summed E-state index contributed by atoms with van der Waals surface area (Å²) in [6, 6.07) is -0.271. The number of urea groups is 1. The van der Waals surface area contributed by atoms with Crippen LogP contribution < -0.4 is 10.6 Å². The molecule has 7 nitrogen and oxygen atoms in total. The third-order valence-corrected chi connectivity index (χ3v) is 5.45. The van der Waals surface area contributed by atoms with E-state index in [2.05, 4.69) is 46.6 Å². The molecule has 0 aromatic carbocycles. The molecule has 134 valence electrons. The van der Waals surface area contributed by atoms with E-state index in [4.69, 9.17) is 0 Å². The molecule has 0 aliphatic heterocycles. The fraction of sp³-hybridized carbons (Fsp3) is 0.750. The Labute approximate surface area is 147 Å². The molecule has 3 amide bonds. The molecular weight excluding hydrogens is 326 g/mol. The van der Waals surface area contributed by atoms with E-state index in [-0.39, 0.29) is 17.7 Å². The Morgan fingerprint density at radius 3 is 2.88 bits per heavy atom. The number of imide groups is 1. The Balaban J connectivity index is 1.72. The Kier molecular flexibility index (Phi) is 7.08. The van der Waals surface area contributed by atoms with Crippen molar-refractivity contribution in [2.75, 3.05) is 5.75 Å². The van der Waals surface area contributed by atoms with Gasteiger partial charge in [-0.25, -0.2) is 9.78 Å². The zero-order valence-electron chi connectivity index (χ0n) is 14.6. The predicted octanol–water partition coefficient (Wildman–Crippen LogP) is 2.50. The number of hydrogen-bond donors (Lipinski definition) is 3. The molecule has 0 radical (unpaired) electrons. The highest BCUT2D eigenvalue weighted by Crippen LogP contribution is 2.29. The molecule has 3 unspecified atom stereocenters. The van der Waals surface area contributed by atoms with Crippen molar-refractivity contribution in [2.45, 2.75) is 64.1 Å². The second kappa shape index (κ2) is 9.05. The molecule has 8 heteroatoms. The number of aryl methyl sites for hydroxylation is 1. The second-order valence-corrected chi connectivity index (χ2v) is 7.44. The van der Waals surface area contributed by atoms with Crippen LogP contribution in [-0.2, 0) is 11.2 Å². The van der Waals surface area contributed by atoms with Gasteiger partial charge in [0.25, 0.3) is 0 Å². The molecule has 1 fully saturated rings. The van der Waals surface area contributed by atoms with Crippen molar-refractivity contribution in [3.63, 3.8) is 0 Å². The van der Waals surface area contributed by atoms with Gasteiger partial charge < -0.3 is 5.32 Å². The van der Waals surface area contributed by atoms with Crippen molar-refractivity contribution in [3.8, 4) is 0 Å². The van der Waals surface area contributed by atoms with Crippen LogP contribution in [0.2, 0.25) is 0 Å². The maximum Gasteiger partial charge on any atom is 0.321 e. The van der Waals surface area contributed by atoms with Crippen LogP contribution in [0.5, 0.6) is 0 Å². The number of aromatic amines is 1. The number of thioether (sulfide) groups is 1. The van der Waals surface area contributed by atoms with Crippen molar-refractivity contribution < 1.29 is 9.59 Å². The van der Waals surface area contributed by atoms with Gasteiger partial charge in [-0.2, -0.15) is 0 Å². The fourth-order valence-corrected chi connectivity index (χ4v) is 3.59. The van der Waals surface area contributed by atoms with Gasteiger partial charge in [0.05, 0.1) is 5.75 Å². The van der Waals surface area contributed by atoms with E-state index in [9.17, 15) is 9.59 Å². The van der Waals surface area contributed by atoms with Gasteiger partial charge in [-0.05, 0) is 24.7 Å². The van der Waals surface area contributed by atoms with Gasteiger partial charge in [0, 0.05) is 12.5 Å². The van der Waals surface area contributed by atoms with Crippen LogP contribution in [0.25, 0.3) is 0 Å². The Morgan fingerprint density at radius 2 is 2.12 bits per heavy atom. The topological polar surface area (TPSA) is 99.8 Å². The van der Waals surface area contributed by atoms with Crippen molar-refractivity contribution in [1.82, 2.24) is 25.8 Å². The summed E-state index contributed by atoms with van der Waals surface area (Å²) < 4.78 is 0. The zero-order chi connectivity index (χ0) is 17.5. The van der Waals surface area contributed by atoms with E-state index in [1.54, 1.807) is 0 Å². The fourth-order valence-electron chi connectivity index (χ4n) is 2.97. The van der Waals surface area contributed by atoms with Crippen molar-refractivity contribution in [3.05, 3.63) is 5.82 Å². The molecule has 1 heterocycles. The first kappa shape index (κ1) is 18.8. The van der Waals surface area contributed by atoms with E-state index < -0.39 is 6.03 Å². The van der Waals surface area contributed by atoms with Gasteiger partial charge >= 0.3 is 6.03 Å². The molecular formula is C16H27N5O2S. The number of hydrogen-bond acceptors (Lipinski definition) is 5. The number of aromatic nitrogens is 3. The number of nitrogens with one attached hydrogen (secondary N) is 3. The lowest BCUT2D eigenvalue weighted by Gasteiger charge is -2.34. The van der Waals surface area contributed by atoms with E-state index in [0.717, 1.165) is 31.5 Å². The normalized spacial score (nSPS) is 23.7. The van der Waals surface area contributed by atoms with Crippen molar-refractivity contribution in [1.29, 1.82) is 0 Å². The molecule has 1 aliphatic carbocycles. The molecule has 1 aromatic rings.